The molecule has 3 amide bonds. The second-order valence-corrected chi connectivity index (χ2v) is 7.67. The highest BCUT2D eigenvalue weighted by Gasteiger charge is 2.27. The minimum atomic E-state index is -3.63. The van der Waals surface area contributed by atoms with Gasteiger partial charge in [-0.2, -0.15) is 0 Å². The number of nitrogens with one attached hydrogen (secondary N) is 2. The van der Waals surface area contributed by atoms with Crippen molar-refractivity contribution in [3.63, 3.8) is 0 Å². The van der Waals surface area contributed by atoms with E-state index in [2.05, 4.69) is 10.6 Å². The lowest BCUT2D eigenvalue weighted by Gasteiger charge is -2.07. The number of amides is 3. The number of fused-ring (bicyclic) bond motifs is 1. The third kappa shape index (κ3) is 3.92. The van der Waals surface area contributed by atoms with E-state index in [1.165, 1.54) is 18.2 Å². The molecule has 0 saturated heterocycles. The lowest BCUT2D eigenvalue weighted by molar-refractivity contribution is -0.113. The van der Waals surface area contributed by atoms with Crippen LogP contribution < -0.4 is 10.6 Å². The monoisotopic (exact) mass is 358 g/mol. The number of imide groups is 1. The summed E-state index contributed by atoms with van der Waals surface area (Å²) in [6.07, 6.45) is 0. The first kappa shape index (κ1) is 16.8. The van der Waals surface area contributed by atoms with E-state index in [0.717, 1.165) is 0 Å². The fourth-order valence-corrected chi connectivity index (χ4v) is 3.80. The summed E-state index contributed by atoms with van der Waals surface area (Å²) in [5.41, 5.74) is 1.22. The molecule has 2 N–H and O–H groups in total. The Balaban J connectivity index is 1.68. The Bertz CT molecular complexity index is 968. The number of sulfone groups is 1. The summed E-state index contributed by atoms with van der Waals surface area (Å²) in [5, 5.41) is 4.58. The van der Waals surface area contributed by atoms with Gasteiger partial charge in [0.2, 0.25) is 5.91 Å². The predicted octanol–water partition coefficient (Wildman–Crippen LogP) is 1.12. The molecule has 0 aliphatic carbocycles. The Morgan fingerprint density at radius 1 is 0.960 bits per heavy atom. The van der Waals surface area contributed by atoms with Gasteiger partial charge in [0.1, 0.15) is 5.75 Å². The molecule has 1 heterocycles. The van der Waals surface area contributed by atoms with Gasteiger partial charge in [-0.05, 0) is 23.8 Å². The van der Waals surface area contributed by atoms with Crippen LogP contribution in [-0.2, 0) is 20.4 Å². The van der Waals surface area contributed by atoms with Gasteiger partial charge >= 0.3 is 0 Å². The van der Waals surface area contributed by atoms with Gasteiger partial charge < -0.3 is 5.32 Å². The van der Waals surface area contributed by atoms with Gasteiger partial charge in [0, 0.05) is 5.69 Å². The average Bonchev–Trinajstić information content (AvgIpc) is 2.81. The van der Waals surface area contributed by atoms with E-state index in [4.69, 9.17) is 0 Å². The second-order valence-electron chi connectivity index (χ2n) is 5.61. The van der Waals surface area contributed by atoms with Crippen molar-refractivity contribution in [3.8, 4) is 0 Å². The SMILES string of the molecule is O=C(CS(=O)(=O)Cc1ccccc1)Nc1ccc2c(c1)C(=O)NC2=O. The number of hydrogen-bond acceptors (Lipinski definition) is 5. The molecule has 2 aromatic rings. The topological polar surface area (TPSA) is 109 Å². The summed E-state index contributed by atoms with van der Waals surface area (Å²) in [6, 6.07) is 12.8. The van der Waals surface area contributed by atoms with E-state index < -0.39 is 33.3 Å². The lowest BCUT2D eigenvalue weighted by atomic mass is 10.1. The molecule has 1 aliphatic heterocycles. The Kier molecular flexibility index (Phi) is 4.37. The molecule has 0 atom stereocenters. The van der Waals surface area contributed by atoms with Crippen molar-refractivity contribution < 1.29 is 22.8 Å². The Hall–Kier alpha value is -3.00. The van der Waals surface area contributed by atoms with E-state index >= 15 is 0 Å². The number of anilines is 1. The van der Waals surface area contributed by atoms with Gasteiger partial charge in [-0.1, -0.05) is 30.3 Å². The third-order valence-electron chi connectivity index (χ3n) is 3.60. The quantitative estimate of drug-likeness (QED) is 0.779. The molecule has 0 spiro atoms. The number of rotatable bonds is 5. The summed E-state index contributed by atoms with van der Waals surface area (Å²) in [5.74, 6) is -2.66. The van der Waals surface area contributed by atoms with Crippen LogP contribution in [0.5, 0.6) is 0 Å². The molecule has 0 radical (unpaired) electrons. The summed E-state index contributed by atoms with van der Waals surface area (Å²) in [4.78, 5) is 35.1. The Morgan fingerprint density at radius 2 is 1.64 bits per heavy atom. The standard InChI is InChI=1S/C17H14N2O5S/c20-15(10-25(23,24)9-11-4-2-1-3-5-11)18-12-6-7-13-14(8-12)17(22)19-16(13)21/h1-8H,9-10H2,(H,18,20)(H,19,21,22). The van der Waals surface area contributed by atoms with Gasteiger partial charge in [0.15, 0.2) is 9.84 Å². The van der Waals surface area contributed by atoms with Crippen molar-refractivity contribution in [3.05, 3.63) is 65.2 Å². The van der Waals surface area contributed by atoms with Crippen molar-refractivity contribution in [1.82, 2.24) is 5.32 Å². The van der Waals surface area contributed by atoms with Crippen LogP contribution in [0.3, 0.4) is 0 Å². The Labute approximate surface area is 144 Å². The van der Waals surface area contributed by atoms with Gasteiger partial charge in [0.25, 0.3) is 11.8 Å². The van der Waals surface area contributed by atoms with Gasteiger partial charge in [0.05, 0.1) is 16.9 Å². The molecule has 3 rings (SSSR count). The number of benzene rings is 2. The van der Waals surface area contributed by atoms with Crippen LogP contribution in [0.15, 0.2) is 48.5 Å². The predicted molar refractivity (Wildman–Crippen MR) is 90.8 cm³/mol. The van der Waals surface area contributed by atoms with Crippen LogP contribution in [0.4, 0.5) is 5.69 Å². The highest BCUT2D eigenvalue weighted by atomic mass is 32.2. The van der Waals surface area contributed by atoms with Crippen LogP contribution in [0.25, 0.3) is 0 Å². The molecule has 0 aromatic heterocycles. The molecule has 0 unspecified atom stereocenters. The smallest absolute Gasteiger partial charge is 0.259 e. The Morgan fingerprint density at radius 3 is 2.36 bits per heavy atom. The summed E-state index contributed by atoms with van der Waals surface area (Å²) >= 11 is 0. The molecule has 2 aromatic carbocycles. The highest BCUT2D eigenvalue weighted by Crippen LogP contribution is 2.20. The first-order valence-corrected chi connectivity index (χ1v) is 9.20. The van der Waals surface area contributed by atoms with Crippen molar-refractivity contribution in [2.75, 3.05) is 11.1 Å². The summed E-state index contributed by atoms with van der Waals surface area (Å²) in [6.45, 7) is 0. The molecule has 0 saturated carbocycles. The molecule has 25 heavy (non-hydrogen) atoms. The fraction of sp³-hybridized carbons (Fsp3) is 0.118. The largest absolute Gasteiger partial charge is 0.325 e. The first-order valence-electron chi connectivity index (χ1n) is 7.38. The van der Waals surface area contributed by atoms with E-state index in [1.54, 1.807) is 30.3 Å². The van der Waals surface area contributed by atoms with Crippen molar-refractivity contribution >= 4 is 33.2 Å². The second kappa shape index (κ2) is 6.48. The van der Waals surface area contributed by atoms with E-state index in [0.29, 0.717) is 5.56 Å². The molecular weight excluding hydrogens is 344 g/mol. The van der Waals surface area contributed by atoms with Crippen molar-refractivity contribution in [1.29, 1.82) is 0 Å². The number of carbonyl (C=O) groups is 3. The van der Waals surface area contributed by atoms with E-state index in [-0.39, 0.29) is 22.6 Å². The average molecular weight is 358 g/mol. The van der Waals surface area contributed by atoms with Crippen LogP contribution in [0, 0.1) is 0 Å². The number of hydrogen-bond donors (Lipinski definition) is 2. The fourth-order valence-electron chi connectivity index (χ4n) is 2.52. The van der Waals surface area contributed by atoms with Crippen LogP contribution in [-0.4, -0.2) is 31.9 Å². The summed E-state index contributed by atoms with van der Waals surface area (Å²) < 4.78 is 24.2. The van der Waals surface area contributed by atoms with Crippen LogP contribution >= 0.6 is 0 Å². The first-order chi connectivity index (χ1) is 11.8. The molecule has 0 bridgehead atoms. The molecule has 0 fully saturated rings. The third-order valence-corrected chi connectivity index (χ3v) is 5.08. The van der Waals surface area contributed by atoms with Crippen molar-refractivity contribution in [2.45, 2.75) is 5.75 Å². The maximum atomic E-state index is 12.1. The van der Waals surface area contributed by atoms with E-state index in [9.17, 15) is 22.8 Å². The molecule has 8 heteroatoms. The lowest BCUT2D eigenvalue weighted by Crippen LogP contribution is -2.24. The zero-order valence-corrected chi connectivity index (χ0v) is 13.8. The van der Waals surface area contributed by atoms with Crippen molar-refractivity contribution in [2.24, 2.45) is 0 Å². The van der Waals surface area contributed by atoms with Gasteiger partial charge in [-0.25, -0.2) is 8.42 Å². The molecular formula is C17H14N2O5S. The maximum Gasteiger partial charge on any atom is 0.259 e. The minimum absolute atomic E-state index is 0.148. The van der Waals surface area contributed by atoms with Gasteiger partial charge in [-0.3, -0.25) is 19.7 Å². The highest BCUT2D eigenvalue weighted by molar-refractivity contribution is 7.91. The van der Waals surface area contributed by atoms with Crippen LogP contribution in [0.1, 0.15) is 26.3 Å². The van der Waals surface area contributed by atoms with Crippen LogP contribution in [0.2, 0.25) is 0 Å². The number of carbonyl (C=O) groups excluding carboxylic acids is 3. The summed E-state index contributed by atoms with van der Waals surface area (Å²) in [7, 11) is -3.63. The molecule has 128 valence electrons. The zero-order chi connectivity index (χ0) is 18.0. The molecule has 7 nitrogen and oxygen atoms in total. The molecule has 1 aliphatic rings. The zero-order valence-electron chi connectivity index (χ0n) is 13.0. The maximum absolute atomic E-state index is 12.1. The normalized spacial score (nSPS) is 13.3. The minimum Gasteiger partial charge on any atom is -0.325 e. The van der Waals surface area contributed by atoms with E-state index in [1.807, 2.05) is 0 Å². The van der Waals surface area contributed by atoms with Gasteiger partial charge in [-0.15, -0.1) is 0 Å².